The van der Waals surface area contributed by atoms with E-state index in [0.29, 0.717) is 29.4 Å². The van der Waals surface area contributed by atoms with E-state index in [2.05, 4.69) is 0 Å². The second-order valence-corrected chi connectivity index (χ2v) is 6.08. The van der Waals surface area contributed by atoms with E-state index in [4.69, 9.17) is 18.9 Å². The van der Waals surface area contributed by atoms with E-state index in [0.717, 1.165) is 5.56 Å². The van der Waals surface area contributed by atoms with Crippen molar-refractivity contribution >= 4 is 11.9 Å². The number of para-hydroxylation sites is 1. The zero-order chi connectivity index (χ0) is 20.5. The van der Waals surface area contributed by atoms with Gasteiger partial charge in [0, 0.05) is 30.8 Å². The molecular formula is C21H25NO6. The normalized spacial score (nSPS) is 10.1. The minimum atomic E-state index is -0.512. The van der Waals surface area contributed by atoms with Crippen LogP contribution in [0.4, 0.5) is 0 Å². The monoisotopic (exact) mass is 387 g/mol. The fourth-order valence-corrected chi connectivity index (χ4v) is 2.63. The van der Waals surface area contributed by atoms with Gasteiger partial charge in [-0.1, -0.05) is 24.3 Å². The van der Waals surface area contributed by atoms with E-state index in [1.165, 1.54) is 12.0 Å². The fourth-order valence-electron chi connectivity index (χ4n) is 2.63. The van der Waals surface area contributed by atoms with E-state index in [9.17, 15) is 9.59 Å². The van der Waals surface area contributed by atoms with Crippen LogP contribution in [0.25, 0.3) is 0 Å². The van der Waals surface area contributed by atoms with Crippen LogP contribution in [0.3, 0.4) is 0 Å². The van der Waals surface area contributed by atoms with Crippen molar-refractivity contribution in [3.63, 3.8) is 0 Å². The molecule has 150 valence electrons. The van der Waals surface area contributed by atoms with Crippen LogP contribution in [0.1, 0.15) is 11.1 Å². The number of rotatable bonds is 9. The van der Waals surface area contributed by atoms with Crippen molar-refractivity contribution < 1.29 is 28.5 Å². The van der Waals surface area contributed by atoms with E-state index in [1.54, 1.807) is 39.5 Å². The van der Waals surface area contributed by atoms with E-state index in [-0.39, 0.29) is 18.9 Å². The molecule has 28 heavy (non-hydrogen) atoms. The number of esters is 1. The highest BCUT2D eigenvalue weighted by Gasteiger charge is 2.16. The van der Waals surface area contributed by atoms with Gasteiger partial charge in [-0.05, 0) is 12.1 Å². The van der Waals surface area contributed by atoms with Crippen LogP contribution in [0, 0.1) is 0 Å². The Balaban J connectivity index is 1.89. The summed E-state index contributed by atoms with van der Waals surface area (Å²) in [5, 5.41) is 0. The predicted molar refractivity (Wildman–Crippen MR) is 104 cm³/mol. The number of methoxy groups -OCH3 is 3. The van der Waals surface area contributed by atoms with Gasteiger partial charge in [0.1, 0.15) is 17.2 Å². The summed E-state index contributed by atoms with van der Waals surface area (Å²) in [6, 6.07) is 12.6. The molecule has 0 N–H and O–H groups in total. The van der Waals surface area contributed by atoms with Crippen molar-refractivity contribution in [2.24, 2.45) is 0 Å². The Kier molecular flexibility index (Phi) is 7.68. The maximum Gasteiger partial charge on any atom is 0.310 e. The second kappa shape index (κ2) is 10.2. The standard InChI is InChI=1S/C21H25NO6/c1-22(13-16-7-5-6-8-18(16)26-3)20(23)14-28-21(24)11-15-9-10-17(25-2)12-19(15)27-4/h5-10,12H,11,13-14H2,1-4H3. The molecule has 1 amide bonds. The fraction of sp³-hybridized carbons (Fsp3) is 0.333. The summed E-state index contributed by atoms with van der Waals surface area (Å²) in [6.45, 7) is 0.0235. The van der Waals surface area contributed by atoms with Crippen LogP contribution in [0.5, 0.6) is 17.2 Å². The molecule has 7 nitrogen and oxygen atoms in total. The molecule has 0 fully saturated rings. The smallest absolute Gasteiger partial charge is 0.310 e. The van der Waals surface area contributed by atoms with Crippen molar-refractivity contribution in [1.29, 1.82) is 0 Å². The largest absolute Gasteiger partial charge is 0.497 e. The summed E-state index contributed by atoms with van der Waals surface area (Å²) in [4.78, 5) is 25.9. The molecule has 0 spiro atoms. The van der Waals surface area contributed by atoms with Crippen LogP contribution < -0.4 is 14.2 Å². The maximum absolute atomic E-state index is 12.3. The van der Waals surface area contributed by atoms with Crippen LogP contribution >= 0.6 is 0 Å². The van der Waals surface area contributed by atoms with Gasteiger partial charge in [-0.3, -0.25) is 9.59 Å². The molecule has 0 saturated carbocycles. The molecule has 2 rings (SSSR count). The molecule has 0 aliphatic heterocycles. The highest BCUT2D eigenvalue weighted by molar-refractivity contribution is 5.81. The maximum atomic E-state index is 12.3. The third kappa shape index (κ3) is 5.64. The van der Waals surface area contributed by atoms with Gasteiger partial charge in [-0.25, -0.2) is 0 Å². The van der Waals surface area contributed by atoms with Crippen LogP contribution in [0.2, 0.25) is 0 Å². The number of carbonyl (C=O) groups excluding carboxylic acids is 2. The number of hydrogen-bond acceptors (Lipinski definition) is 6. The molecule has 2 aromatic carbocycles. The van der Waals surface area contributed by atoms with Gasteiger partial charge >= 0.3 is 5.97 Å². The molecule has 0 atom stereocenters. The molecule has 0 bridgehead atoms. The molecule has 2 aromatic rings. The van der Waals surface area contributed by atoms with E-state index in [1.807, 2.05) is 24.3 Å². The van der Waals surface area contributed by atoms with Crippen molar-refractivity contribution in [3.8, 4) is 17.2 Å². The lowest BCUT2D eigenvalue weighted by Crippen LogP contribution is -2.31. The molecule has 7 heteroatoms. The van der Waals surface area contributed by atoms with Gasteiger partial charge in [-0.15, -0.1) is 0 Å². The third-order valence-corrected chi connectivity index (χ3v) is 4.21. The summed E-state index contributed by atoms with van der Waals surface area (Å²) < 4.78 is 20.8. The molecule has 0 heterocycles. The minimum Gasteiger partial charge on any atom is -0.497 e. The molecule has 0 radical (unpaired) electrons. The van der Waals surface area contributed by atoms with Crippen molar-refractivity contribution in [2.75, 3.05) is 35.0 Å². The topological polar surface area (TPSA) is 74.3 Å². The third-order valence-electron chi connectivity index (χ3n) is 4.21. The van der Waals surface area contributed by atoms with Crippen LogP contribution in [-0.2, 0) is 27.3 Å². The van der Waals surface area contributed by atoms with E-state index >= 15 is 0 Å². The SMILES string of the molecule is COc1ccc(CC(=O)OCC(=O)N(C)Cc2ccccc2OC)c(OC)c1. The molecule has 0 aliphatic carbocycles. The van der Waals surface area contributed by atoms with Gasteiger partial charge in [0.2, 0.25) is 0 Å². The molecule has 0 unspecified atom stereocenters. The van der Waals surface area contributed by atoms with Gasteiger partial charge in [-0.2, -0.15) is 0 Å². The highest BCUT2D eigenvalue weighted by Crippen LogP contribution is 2.25. The first-order valence-electron chi connectivity index (χ1n) is 8.70. The number of carbonyl (C=O) groups is 2. The Hall–Kier alpha value is -3.22. The lowest BCUT2D eigenvalue weighted by molar-refractivity contribution is -0.151. The Morgan fingerprint density at radius 2 is 1.61 bits per heavy atom. The van der Waals surface area contributed by atoms with Crippen molar-refractivity contribution in [2.45, 2.75) is 13.0 Å². The first kappa shape index (κ1) is 21.1. The minimum absolute atomic E-state index is 0.00330. The van der Waals surface area contributed by atoms with Gasteiger partial charge in [0.25, 0.3) is 5.91 Å². The lowest BCUT2D eigenvalue weighted by atomic mass is 10.1. The number of likely N-dealkylation sites (N-methyl/N-ethyl adjacent to an activating group) is 1. The molecule has 0 aliphatic rings. The summed E-state index contributed by atoms with van der Waals surface area (Å²) in [6.07, 6.45) is -0.00330. The number of nitrogens with zero attached hydrogens (tertiary/aromatic N) is 1. The zero-order valence-electron chi connectivity index (χ0n) is 16.6. The number of benzene rings is 2. The summed E-state index contributed by atoms with van der Waals surface area (Å²) >= 11 is 0. The quantitative estimate of drug-likeness (QED) is 0.616. The average Bonchev–Trinajstić information content (AvgIpc) is 2.72. The predicted octanol–water partition coefficient (Wildman–Crippen LogP) is 2.46. The first-order chi connectivity index (χ1) is 13.5. The molecule has 0 aromatic heterocycles. The summed E-state index contributed by atoms with van der Waals surface area (Å²) in [7, 11) is 6.29. The van der Waals surface area contributed by atoms with Gasteiger partial charge in [0.05, 0.1) is 27.8 Å². The van der Waals surface area contributed by atoms with Crippen molar-refractivity contribution in [3.05, 3.63) is 53.6 Å². The second-order valence-electron chi connectivity index (χ2n) is 6.08. The highest BCUT2D eigenvalue weighted by atomic mass is 16.5. The van der Waals surface area contributed by atoms with Gasteiger partial charge < -0.3 is 23.8 Å². The van der Waals surface area contributed by atoms with Crippen LogP contribution in [-0.4, -0.2) is 51.8 Å². The summed E-state index contributed by atoms with van der Waals surface area (Å²) in [5.41, 5.74) is 1.53. The first-order valence-corrected chi connectivity index (χ1v) is 8.70. The van der Waals surface area contributed by atoms with E-state index < -0.39 is 5.97 Å². The zero-order valence-corrected chi connectivity index (χ0v) is 16.6. The number of hydrogen-bond donors (Lipinski definition) is 0. The number of ether oxygens (including phenoxy) is 4. The summed E-state index contributed by atoms with van der Waals surface area (Å²) in [5.74, 6) is 1.03. The Morgan fingerprint density at radius 1 is 0.893 bits per heavy atom. The van der Waals surface area contributed by atoms with Crippen molar-refractivity contribution in [1.82, 2.24) is 4.90 Å². The molecule has 0 saturated heterocycles. The lowest BCUT2D eigenvalue weighted by Gasteiger charge is -2.19. The average molecular weight is 387 g/mol. The Labute approximate surface area is 164 Å². The number of amides is 1. The van der Waals surface area contributed by atoms with Crippen LogP contribution in [0.15, 0.2) is 42.5 Å². The Morgan fingerprint density at radius 3 is 2.29 bits per heavy atom. The Bertz CT molecular complexity index is 820. The van der Waals surface area contributed by atoms with Gasteiger partial charge in [0.15, 0.2) is 6.61 Å². The molecular weight excluding hydrogens is 362 g/mol.